The standard InChI is InChI=1S/C18H30N2O4S/c1-12(2)3-6-17(21)20-10-15-14(9-19-25(22,23)13-4-5-13)16-7-8-18(15,11-20)24-16/h12-16,19H,3-11H2,1-2H3/t14-,15+,16+,18+/m0/s1. The first kappa shape index (κ1) is 17.7. The Hall–Kier alpha value is -0.660. The third kappa shape index (κ3) is 3.23. The predicted octanol–water partition coefficient (Wildman–Crippen LogP) is 1.51. The van der Waals surface area contributed by atoms with Gasteiger partial charge in [0.2, 0.25) is 15.9 Å². The van der Waals surface area contributed by atoms with Crippen LogP contribution in [0.4, 0.5) is 0 Å². The molecule has 7 heteroatoms. The number of rotatable bonds is 7. The van der Waals surface area contributed by atoms with E-state index in [0.29, 0.717) is 25.4 Å². The summed E-state index contributed by atoms with van der Waals surface area (Å²) in [5.74, 6) is 1.23. The molecule has 1 saturated carbocycles. The molecule has 4 atom stereocenters. The highest BCUT2D eigenvalue weighted by atomic mass is 32.2. The molecule has 142 valence electrons. The summed E-state index contributed by atoms with van der Waals surface area (Å²) in [6, 6.07) is 0. The maximum atomic E-state index is 12.5. The largest absolute Gasteiger partial charge is 0.369 e. The van der Waals surface area contributed by atoms with E-state index >= 15 is 0 Å². The lowest BCUT2D eigenvalue weighted by molar-refractivity contribution is -0.132. The second kappa shape index (κ2) is 6.20. The van der Waals surface area contributed by atoms with Crippen LogP contribution in [0.2, 0.25) is 0 Å². The number of nitrogens with zero attached hydrogens (tertiary/aromatic N) is 1. The Balaban J connectivity index is 1.40. The van der Waals surface area contributed by atoms with Gasteiger partial charge in [-0.25, -0.2) is 13.1 Å². The maximum absolute atomic E-state index is 12.5. The Morgan fingerprint density at radius 3 is 2.76 bits per heavy atom. The number of hydrogen-bond acceptors (Lipinski definition) is 4. The number of amides is 1. The molecule has 0 radical (unpaired) electrons. The van der Waals surface area contributed by atoms with Crippen LogP contribution in [0.5, 0.6) is 0 Å². The molecule has 0 unspecified atom stereocenters. The molecule has 25 heavy (non-hydrogen) atoms. The first-order valence-corrected chi connectivity index (χ1v) is 11.3. The number of likely N-dealkylation sites (tertiary alicyclic amines) is 1. The van der Waals surface area contributed by atoms with E-state index in [-0.39, 0.29) is 34.7 Å². The number of sulfonamides is 1. The van der Waals surface area contributed by atoms with E-state index in [2.05, 4.69) is 18.6 Å². The lowest BCUT2D eigenvalue weighted by Crippen LogP contribution is -2.42. The minimum absolute atomic E-state index is 0.153. The van der Waals surface area contributed by atoms with Gasteiger partial charge in [0.05, 0.1) is 23.5 Å². The smallest absolute Gasteiger partial charge is 0.222 e. The Kier molecular flexibility index (Phi) is 4.40. The lowest BCUT2D eigenvalue weighted by Gasteiger charge is -2.29. The fourth-order valence-corrected chi connectivity index (χ4v) is 6.35. The van der Waals surface area contributed by atoms with E-state index in [9.17, 15) is 13.2 Å². The van der Waals surface area contributed by atoms with Crippen molar-refractivity contribution >= 4 is 15.9 Å². The summed E-state index contributed by atoms with van der Waals surface area (Å²) >= 11 is 0. The Labute approximate surface area is 150 Å². The van der Waals surface area contributed by atoms with Crippen molar-refractivity contribution in [3.05, 3.63) is 0 Å². The lowest BCUT2D eigenvalue weighted by atomic mass is 9.74. The number of carbonyl (C=O) groups is 1. The zero-order valence-electron chi connectivity index (χ0n) is 15.2. The van der Waals surface area contributed by atoms with Crippen LogP contribution in [0.15, 0.2) is 0 Å². The zero-order chi connectivity index (χ0) is 17.8. The van der Waals surface area contributed by atoms with E-state index in [4.69, 9.17) is 4.74 Å². The molecule has 3 aliphatic heterocycles. The minimum atomic E-state index is -3.16. The molecular formula is C18H30N2O4S. The van der Waals surface area contributed by atoms with Gasteiger partial charge in [-0.1, -0.05) is 13.8 Å². The molecule has 4 rings (SSSR count). The number of hydrogen-bond donors (Lipinski definition) is 1. The number of ether oxygens (including phenoxy) is 1. The second-order valence-corrected chi connectivity index (χ2v) is 10.9. The van der Waals surface area contributed by atoms with Crippen LogP contribution < -0.4 is 4.72 Å². The highest BCUT2D eigenvalue weighted by molar-refractivity contribution is 7.90. The number of nitrogens with one attached hydrogen (secondary N) is 1. The van der Waals surface area contributed by atoms with Gasteiger partial charge in [-0.3, -0.25) is 4.79 Å². The van der Waals surface area contributed by atoms with Gasteiger partial charge in [-0.2, -0.15) is 0 Å². The Morgan fingerprint density at radius 2 is 2.08 bits per heavy atom. The quantitative estimate of drug-likeness (QED) is 0.737. The summed E-state index contributed by atoms with van der Waals surface area (Å²) in [4.78, 5) is 14.5. The monoisotopic (exact) mass is 370 g/mol. The molecule has 2 bridgehead atoms. The Bertz CT molecular complexity index is 645. The highest BCUT2D eigenvalue weighted by Crippen LogP contribution is 2.54. The molecule has 3 saturated heterocycles. The average Bonchev–Trinajstić information content (AvgIpc) is 3.16. The van der Waals surface area contributed by atoms with Crippen LogP contribution in [-0.2, 0) is 19.6 Å². The highest BCUT2D eigenvalue weighted by Gasteiger charge is 2.63. The topological polar surface area (TPSA) is 75.7 Å². The van der Waals surface area contributed by atoms with Gasteiger partial charge in [0, 0.05) is 31.3 Å². The SMILES string of the molecule is CC(C)CCC(=O)N1C[C@@H]2[C@H](CNS(=O)(=O)C3CC3)[C@H]3CC[C@]2(C1)O3. The first-order chi connectivity index (χ1) is 11.8. The van der Waals surface area contributed by atoms with Crippen molar-refractivity contribution in [1.82, 2.24) is 9.62 Å². The van der Waals surface area contributed by atoms with Crippen LogP contribution in [0.1, 0.15) is 52.4 Å². The van der Waals surface area contributed by atoms with E-state index in [1.54, 1.807) is 0 Å². The zero-order valence-corrected chi connectivity index (χ0v) is 16.1. The van der Waals surface area contributed by atoms with Crippen LogP contribution in [0.25, 0.3) is 0 Å². The van der Waals surface area contributed by atoms with Gasteiger partial charge in [0.25, 0.3) is 0 Å². The summed E-state index contributed by atoms with van der Waals surface area (Å²) < 4.78 is 33.4. The van der Waals surface area contributed by atoms with Crippen molar-refractivity contribution < 1.29 is 17.9 Å². The molecule has 4 aliphatic rings. The van der Waals surface area contributed by atoms with Gasteiger partial charge < -0.3 is 9.64 Å². The molecular weight excluding hydrogens is 340 g/mol. The Morgan fingerprint density at radius 1 is 1.32 bits per heavy atom. The molecule has 0 aromatic rings. The van der Waals surface area contributed by atoms with E-state index in [1.165, 1.54) is 0 Å². The third-order valence-corrected chi connectivity index (χ3v) is 8.47. The van der Waals surface area contributed by atoms with Crippen molar-refractivity contribution in [3.8, 4) is 0 Å². The fourth-order valence-electron chi connectivity index (χ4n) is 4.93. The fraction of sp³-hybridized carbons (Fsp3) is 0.944. The van der Waals surface area contributed by atoms with E-state index in [1.807, 2.05) is 4.90 Å². The normalized spacial score (nSPS) is 37.1. The van der Waals surface area contributed by atoms with Crippen LogP contribution >= 0.6 is 0 Å². The van der Waals surface area contributed by atoms with Crippen molar-refractivity contribution in [2.75, 3.05) is 19.6 Å². The van der Waals surface area contributed by atoms with Crippen LogP contribution in [-0.4, -0.2) is 55.8 Å². The van der Waals surface area contributed by atoms with Crippen molar-refractivity contribution in [1.29, 1.82) is 0 Å². The molecule has 1 amide bonds. The molecule has 1 spiro atoms. The molecule has 0 aromatic heterocycles. The summed E-state index contributed by atoms with van der Waals surface area (Å²) in [6.45, 7) is 6.15. The molecule has 1 aliphatic carbocycles. The number of carbonyl (C=O) groups excluding carboxylic acids is 1. The predicted molar refractivity (Wildman–Crippen MR) is 94.4 cm³/mol. The molecule has 0 aromatic carbocycles. The van der Waals surface area contributed by atoms with Crippen molar-refractivity contribution in [2.24, 2.45) is 17.8 Å². The second-order valence-electron chi connectivity index (χ2n) is 8.83. The minimum Gasteiger partial charge on any atom is -0.369 e. The number of fused-ring (bicyclic) bond motifs is 1. The van der Waals surface area contributed by atoms with E-state index in [0.717, 1.165) is 38.6 Å². The van der Waals surface area contributed by atoms with Gasteiger partial charge in [0.15, 0.2) is 0 Å². The van der Waals surface area contributed by atoms with Gasteiger partial charge in [0.1, 0.15) is 0 Å². The van der Waals surface area contributed by atoms with Crippen LogP contribution in [0.3, 0.4) is 0 Å². The summed E-state index contributed by atoms with van der Waals surface area (Å²) in [6.07, 6.45) is 5.23. The molecule has 4 fully saturated rings. The molecule has 6 nitrogen and oxygen atoms in total. The van der Waals surface area contributed by atoms with Crippen molar-refractivity contribution in [2.45, 2.75) is 69.3 Å². The van der Waals surface area contributed by atoms with Gasteiger partial charge in [-0.05, 0) is 38.0 Å². The van der Waals surface area contributed by atoms with Crippen molar-refractivity contribution in [3.63, 3.8) is 0 Å². The van der Waals surface area contributed by atoms with Gasteiger partial charge in [-0.15, -0.1) is 0 Å². The molecule has 1 N–H and O–H groups in total. The first-order valence-electron chi connectivity index (χ1n) is 9.75. The molecule has 3 heterocycles. The third-order valence-electron chi connectivity index (χ3n) is 6.56. The summed E-state index contributed by atoms with van der Waals surface area (Å²) in [5.41, 5.74) is -0.214. The summed E-state index contributed by atoms with van der Waals surface area (Å²) in [5, 5.41) is -0.182. The average molecular weight is 371 g/mol. The summed E-state index contributed by atoms with van der Waals surface area (Å²) in [7, 11) is -3.16. The van der Waals surface area contributed by atoms with E-state index < -0.39 is 10.0 Å². The van der Waals surface area contributed by atoms with Gasteiger partial charge >= 0.3 is 0 Å². The van der Waals surface area contributed by atoms with Crippen LogP contribution in [0, 0.1) is 17.8 Å². The maximum Gasteiger partial charge on any atom is 0.222 e.